The van der Waals surface area contributed by atoms with Crippen molar-refractivity contribution in [2.24, 2.45) is 0 Å². The molecule has 0 spiro atoms. The van der Waals surface area contributed by atoms with Crippen molar-refractivity contribution in [3.05, 3.63) is 72.9 Å². The Bertz CT molecular complexity index is 1470. The molecule has 6 nitrogen and oxygen atoms in total. The third kappa shape index (κ3) is 65.7. The van der Waals surface area contributed by atoms with E-state index in [-0.39, 0.29) is 37.5 Å². The smallest absolute Gasteiger partial charge is 0.306 e. The molecule has 0 aliphatic rings. The van der Waals surface area contributed by atoms with Gasteiger partial charge in [-0.1, -0.05) is 331 Å². The van der Waals surface area contributed by atoms with E-state index in [4.69, 9.17) is 14.2 Å². The molecule has 80 heavy (non-hydrogen) atoms. The van der Waals surface area contributed by atoms with Crippen LogP contribution in [0.25, 0.3) is 0 Å². The maximum absolute atomic E-state index is 12.9. The first-order valence-electron chi connectivity index (χ1n) is 34.9. The van der Waals surface area contributed by atoms with Crippen LogP contribution in [0, 0.1) is 0 Å². The van der Waals surface area contributed by atoms with E-state index < -0.39 is 6.10 Å². The zero-order valence-corrected chi connectivity index (χ0v) is 53.3. The van der Waals surface area contributed by atoms with Gasteiger partial charge in [0.1, 0.15) is 13.2 Å². The Morgan fingerprint density at radius 3 is 0.825 bits per heavy atom. The molecular formula is C74H132O6. The van der Waals surface area contributed by atoms with Gasteiger partial charge >= 0.3 is 17.9 Å². The van der Waals surface area contributed by atoms with E-state index in [0.29, 0.717) is 12.8 Å². The predicted molar refractivity (Wildman–Crippen MR) is 348 cm³/mol. The van der Waals surface area contributed by atoms with Crippen LogP contribution < -0.4 is 0 Å². The molecule has 0 bridgehead atoms. The molecule has 0 radical (unpaired) electrons. The summed E-state index contributed by atoms with van der Waals surface area (Å²) in [5.41, 5.74) is 0. The third-order valence-electron chi connectivity index (χ3n) is 15.4. The molecule has 0 N–H and O–H groups in total. The summed E-state index contributed by atoms with van der Waals surface area (Å²) in [6.45, 7) is 6.50. The SMILES string of the molecule is CC/C=C\C/C=C\C/C=C\C/C=C\C/C=C\CCCCCC(=O)OC(COC(=O)CCCCCCC/C=C\CCCC)COC(=O)CCCCCCCCCCCCCCCCCCCCCCCCCCCCCCCCCC. The second kappa shape index (κ2) is 68.3. The molecule has 0 fully saturated rings. The van der Waals surface area contributed by atoms with E-state index in [0.717, 1.165) is 103 Å². The number of hydrogen-bond donors (Lipinski definition) is 0. The Kier molecular flexibility index (Phi) is 65.7. The highest BCUT2D eigenvalue weighted by Crippen LogP contribution is 2.18. The average Bonchev–Trinajstić information content (AvgIpc) is 3.46. The van der Waals surface area contributed by atoms with Gasteiger partial charge < -0.3 is 14.2 Å². The minimum absolute atomic E-state index is 0.0888. The summed E-state index contributed by atoms with van der Waals surface area (Å²) in [6, 6.07) is 0. The Labute approximate surface area is 497 Å². The van der Waals surface area contributed by atoms with Crippen molar-refractivity contribution < 1.29 is 28.6 Å². The highest BCUT2D eigenvalue weighted by atomic mass is 16.6. The van der Waals surface area contributed by atoms with Crippen LogP contribution in [0.15, 0.2) is 72.9 Å². The van der Waals surface area contributed by atoms with Gasteiger partial charge in [-0.05, 0) is 83.5 Å². The first kappa shape index (κ1) is 76.9. The van der Waals surface area contributed by atoms with E-state index in [1.54, 1.807) is 0 Å². The summed E-state index contributed by atoms with van der Waals surface area (Å²) in [5, 5.41) is 0. The van der Waals surface area contributed by atoms with Crippen molar-refractivity contribution in [1.29, 1.82) is 0 Å². The Balaban J connectivity index is 4.14. The standard InChI is InChI=1S/C74H132O6/c1-4-7-10-13-16-19-22-24-26-28-30-31-32-33-34-35-36-37-38-39-40-41-42-44-45-47-49-52-55-58-61-64-67-73(76)79-70-71(69-78-72(75)66-63-60-57-54-51-21-18-15-12-9-6-3)80-74(77)68-65-62-59-56-53-50-48-46-43-29-27-25-23-20-17-14-11-8-5-2/h8,11,15,17-18,20,25,27,43,46,50,53,71H,4-7,9-10,12-14,16,19,21-24,26,28-42,44-45,47-49,51-52,54-70H2,1-3H3/b11-8-,18-15-,20-17-,27-25-,46-43-,53-50-. The van der Waals surface area contributed by atoms with Crippen molar-refractivity contribution in [2.45, 2.75) is 367 Å². The van der Waals surface area contributed by atoms with Crippen LogP contribution in [0.1, 0.15) is 361 Å². The molecule has 0 aliphatic carbocycles. The van der Waals surface area contributed by atoms with Gasteiger partial charge in [0, 0.05) is 19.3 Å². The molecule has 6 heteroatoms. The van der Waals surface area contributed by atoms with Crippen LogP contribution in [0.4, 0.5) is 0 Å². The molecule has 0 aromatic heterocycles. The summed E-state index contributed by atoms with van der Waals surface area (Å²) in [7, 11) is 0. The molecule has 0 amide bonds. The highest BCUT2D eigenvalue weighted by molar-refractivity contribution is 5.71. The van der Waals surface area contributed by atoms with Crippen LogP contribution in [0.2, 0.25) is 0 Å². The van der Waals surface area contributed by atoms with Gasteiger partial charge in [0.25, 0.3) is 0 Å². The number of ether oxygens (including phenoxy) is 3. The lowest BCUT2D eigenvalue weighted by Gasteiger charge is -2.18. The summed E-state index contributed by atoms with van der Waals surface area (Å²) in [6.07, 6.45) is 89.6. The maximum Gasteiger partial charge on any atom is 0.306 e. The topological polar surface area (TPSA) is 78.9 Å². The van der Waals surface area contributed by atoms with E-state index in [1.165, 1.54) is 218 Å². The zero-order valence-electron chi connectivity index (χ0n) is 53.3. The minimum Gasteiger partial charge on any atom is -0.462 e. The van der Waals surface area contributed by atoms with Gasteiger partial charge in [-0.15, -0.1) is 0 Å². The summed E-state index contributed by atoms with van der Waals surface area (Å²) >= 11 is 0. The lowest BCUT2D eigenvalue weighted by atomic mass is 10.0. The quantitative estimate of drug-likeness (QED) is 0.0261. The van der Waals surface area contributed by atoms with Crippen LogP contribution in [-0.4, -0.2) is 37.2 Å². The van der Waals surface area contributed by atoms with Gasteiger partial charge in [-0.3, -0.25) is 14.4 Å². The third-order valence-corrected chi connectivity index (χ3v) is 15.4. The largest absolute Gasteiger partial charge is 0.462 e. The maximum atomic E-state index is 12.9. The first-order valence-corrected chi connectivity index (χ1v) is 34.9. The number of rotatable bonds is 64. The lowest BCUT2D eigenvalue weighted by molar-refractivity contribution is -0.167. The molecule has 1 atom stereocenters. The number of carbonyl (C=O) groups is 3. The minimum atomic E-state index is -0.796. The van der Waals surface area contributed by atoms with E-state index in [2.05, 4.69) is 93.7 Å². The van der Waals surface area contributed by atoms with Gasteiger partial charge in [0.05, 0.1) is 0 Å². The molecule has 0 saturated heterocycles. The van der Waals surface area contributed by atoms with Crippen LogP contribution in [-0.2, 0) is 28.6 Å². The molecule has 0 aromatic rings. The summed E-state index contributed by atoms with van der Waals surface area (Å²) in [4.78, 5) is 38.3. The number of hydrogen-bond acceptors (Lipinski definition) is 6. The van der Waals surface area contributed by atoms with Crippen molar-refractivity contribution in [3.8, 4) is 0 Å². The average molecular weight is 1120 g/mol. The molecular weight excluding hydrogens is 985 g/mol. The van der Waals surface area contributed by atoms with Gasteiger partial charge in [-0.25, -0.2) is 0 Å². The van der Waals surface area contributed by atoms with Crippen molar-refractivity contribution in [3.63, 3.8) is 0 Å². The van der Waals surface area contributed by atoms with E-state index in [9.17, 15) is 14.4 Å². The molecule has 0 saturated carbocycles. The molecule has 0 heterocycles. The highest BCUT2D eigenvalue weighted by Gasteiger charge is 2.19. The number of carbonyl (C=O) groups excluding carboxylic acids is 3. The summed E-state index contributed by atoms with van der Waals surface area (Å²) < 4.78 is 16.9. The second-order valence-corrected chi connectivity index (χ2v) is 23.4. The second-order valence-electron chi connectivity index (χ2n) is 23.4. The van der Waals surface area contributed by atoms with Gasteiger partial charge in [0.2, 0.25) is 0 Å². The first-order chi connectivity index (χ1) is 39.5. The van der Waals surface area contributed by atoms with E-state index >= 15 is 0 Å². The monoisotopic (exact) mass is 1120 g/mol. The Hall–Kier alpha value is -3.15. The molecule has 1 unspecified atom stereocenters. The van der Waals surface area contributed by atoms with Crippen molar-refractivity contribution >= 4 is 17.9 Å². The number of allylic oxidation sites excluding steroid dienone is 12. The lowest BCUT2D eigenvalue weighted by Crippen LogP contribution is -2.30. The number of esters is 3. The van der Waals surface area contributed by atoms with Gasteiger partial charge in [0.15, 0.2) is 6.10 Å². The molecule has 464 valence electrons. The van der Waals surface area contributed by atoms with Crippen molar-refractivity contribution in [2.75, 3.05) is 13.2 Å². The predicted octanol–water partition coefficient (Wildman–Crippen LogP) is 24.1. The Morgan fingerprint density at radius 2 is 0.500 bits per heavy atom. The van der Waals surface area contributed by atoms with E-state index in [1.807, 2.05) is 0 Å². The fraction of sp³-hybridized carbons (Fsp3) is 0.797. The molecule has 0 aliphatic heterocycles. The number of unbranched alkanes of at least 4 members (excludes halogenated alkanes) is 41. The molecule has 0 rings (SSSR count). The Morgan fingerprint density at radius 1 is 0.263 bits per heavy atom. The fourth-order valence-electron chi connectivity index (χ4n) is 10.2. The van der Waals surface area contributed by atoms with Crippen LogP contribution >= 0.6 is 0 Å². The van der Waals surface area contributed by atoms with Crippen LogP contribution in [0.5, 0.6) is 0 Å². The normalized spacial score (nSPS) is 12.5. The summed E-state index contributed by atoms with van der Waals surface area (Å²) in [5.74, 6) is -0.916. The van der Waals surface area contributed by atoms with Crippen LogP contribution in [0.3, 0.4) is 0 Å². The van der Waals surface area contributed by atoms with Crippen molar-refractivity contribution in [1.82, 2.24) is 0 Å². The fourth-order valence-corrected chi connectivity index (χ4v) is 10.2. The zero-order chi connectivity index (χ0) is 57.8. The molecule has 0 aromatic carbocycles. The van der Waals surface area contributed by atoms with Gasteiger partial charge in [-0.2, -0.15) is 0 Å².